The van der Waals surface area contributed by atoms with Crippen molar-refractivity contribution in [2.75, 3.05) is 6.61 Å². The van der Waals surface area contributed by atoms with Crippen LogP contribution >= 0.6 is 33.9 Å². The van der Waals surface area contributed by atoms with Crippen LogP contribution in [0.25, 0.3) is 11.8 Å². The Labute approximate surface area is 225 Å². The number of fused-ring (bicyclic) bond motifs is 3. The Morgan fingerprint density at radius 2 is 1.94 bits per heavy atom. The van der Waals surface area contributed by atoms with E-state index in [0.29, 0.717) is 15.9 Å². The number of rotatable bonds is 4. The van der Waals surface area contributed by atoms with Crippen molar-refractivity contribution < 1.29 is 9.84 Å². The molecular formula is C29H23IN2O3S. The van der Waals surface area contributed by atoms with E-state index in [0.717, 1.165) is 44.5 Å². The van der Waals surface area contributed by atoms with Crippen molar-refractivity contribution >= 4 is 45.7 Å². The highest BCUT2D eigenvalue weighted by atomic mass is 127. The summed E-state index contributed by atoms with van der Waals surface area (Å²) in [5.41, 5.74) is 6.48. The number of aromatic nitrogens is 1. The lowest BCUT2D eigenvalue weighted by molar-refractivity contribution is 0.340. The number of halogens is 1. The second-order valence-electron chi connectivity index (χ2n) is 8.83. The Balaban J connectivity index is 1.58. The largest absolute Gasteiger partial charge is 0.507 e. The van der Waals surface area contributed by atoms with E-state index in [1.54, 1.807) is 6.07 Å². The molecule has 0 saturated carbocycles. The van der Waals surface area contributed by atoms with Crippen LogP contribution < -0.4 is 19.6 Å². The molecule has 5 nitrogen and oxygen atoms in total. The molecule has 6 rings (SSSR count). The molecule has 0 radical (unpaired) electrons. The van der Waals surface area contributed by atoms with E-state index in [1.807, 2.05) is 41.8 Å². The monoisotopic (exact) mass is 606 g/mol. The highest BCUT2D eigenvalue weighted by molar-refractivity contribution is 14.1. The third-order valence-corrected chi connectivity index (χ3v) is 8.50. The fourth-order valence-corrected chi connectivity index (χ4v) is 6.54. The Bertz CT molecular complexity index is 1700. The molecule has 1 atom stereocenters. The van der Waals surface area contributed by atoms with Gasteiger partial charge >= 0.3 is 0 Å². The van der Waals surface area contributed by atoms with Gasteiger partial charge in [0, 0.05) is 5.56 Å². The number of allylic oxidation sites excluding steroid dienone is 1. The number of thiazole rings is 1. The minimum Gasteiger partial charge on any atom is -0.507 e. The maximum absolute atomic E-state index is 13.8. The molecule has 0 bridgehead atoms. The molecule has 1 aliphatic heterocycles. The van der Waals surface area contributed by atoms with Crippen molar-refractivity contribution in [1.82, 2.24) is 4.57 Å². The number of benzene rings is 3. The van der Waals surface area contributed by atoms with E-state index in [-0.39, 0.29) is 17.4 Å². The zero-order chi connectivity index (χ0) is 24.8. The number of phenols is 1. The van der Waals surface area contributed by atoms with Crippen LogP contribution in [0.1, 0.15) is 41.6 Å². The fourth-order valence-electron chi connectivity index (χ4n) is 5.00. The number of hydrogen-bond donors (Lipinski definition) is 1. The van der Waals surface area contributed by atoms with Crippen LogP contribution in [0.15, 0.2) is 82.1 Å². The summed E-state index contributed by atoms with van der Waals surface area (Å²) in [5.74, 6) is 1.05. The first kappa shape index (κ1) is 23.2. The van der Waals surface area contributed by atoms with Crippen LogP contribution in [0.5, 0.6) is 11.5 Å². The summed E-state index contributed by atoms with van der Waals surface area (Å²) in [6.45, 7) is 2.58. The van der Waals surface area contributed by atoms with Gasteiger partial charge in [-0.3, -0.25) is 9.36 Å². The molecule has 180 valence electrons. The van der Waals surface area contributed by atoms with Gasteiger partial charge in [0.25, 0.3) is 5.56 Å². The van der Waals surface area contributed by atoms with Crippen LogP contribution in [-0.4, -0.2) is 16.3 Å². The van der Waals surface area contributed by atoms with Crippen LogP contribution in [0.4, 0.5) is 0 Å². The number of hydrogen-bond acceptors (Lipinski definition) is 5. The number of phenolic OH excluding ortho intramolecular Hbond substituents is 1. The Hall–Kier alpha value is -3.17. The van der Waals surface area contributed by atoms with Gasteiger partial charge in [0.05, 0.1) is 26.4 Å². The predicted molar refractivity (Wildman–Crippen MR) is 151 cm³/mol. The standard InChI is InChI=1S/C29H23IN2O3S/c1-2-35-20-11-8-19(9-12-20)27-22-13-10-18-5-3-4-6-21(18)26(22)31-29-32(27)28(34)25(36-29)16-17-7-14-24(33)23(30)15-17/h3-9,11-12,14-16,27,33H,2,10,13H2,1H3. The second kappa shape index (κ2) is 9.37. The maximum atomic E-state index is 13.8. The lowest BCUT2D eigenvalue weighted by atomic mass is 9.83. The van der Waals surface area contributed by atoms with Gasteiger partial charge in [-0.15, -0.1) is 0 Å². The summed E-state index contributed by atoms with van der Waals surface area (Å²) in [4.78, 5) is 19.6. The number of aryl methyl sites for hydroxylation is 1. The van der Waals surface area contributed by atoms with Crippen molar-refractivity contribution in [3.63, 3.8) is 0 Å². The molecule has 1 aromatic heterocycles. The summed E-state index contributed by atoms with van der Waals surface area (Å²) in [5, 5.41) is 9.90. The molecule has 7 heteroatoms. The van der Waals surface area contributed by atoms with Crippen molar-refractivity contribution in [3.8, 4) is 11.5 Å². The van der Waals surface area contributed by atoms with Gasteiger partial charge in [0.2, 0.25) is 0 Å². The minimum atomic E-state index is -0.220. The van der Waals surface area contributed by atoms with E-state index >= 15 is 0 Å². The molecule has 1 N–H and O–H groups in total. The van der Waals surface area contributed by atoms with Crippen LogP contribution in [0, 0.1) is 3.57 Å². The first-order valence-electron chi connectivity index (χ1n) is 11.9. The molecule has 0 saturated heterocycles. The number of aromatic hydroxyl groups is 1. The molecular weight excluding hydrogens is 583 g/mol. The van der Waals surface area contributed by atoms with E-state index in [2.05, 4.69) is 59.0 Å². The summed E-state index contributed by atoms with van der Waals surface area (Å²) in [6, 6.07) is 21.6. The van der Waals surface area contributed by atoms with Crippen molar-refractivity contribution in [1.29, 1.82) is 0 Å². The summed E-state index contributed by atoms with van der Waals surface area (Å²) >= 11 is 3.51. The van der Waals surface area contributed by atoms with Gasteiger partial charge in [-0.05, 0) is 95.0 Å². The van der Waals surface area contributed by atoms with E-state index in [4.69, 9.17) is 9.73 Å². The third-order valence-electron chi connectivity index (χ3n) is 6.65. The quantitative estimate of drug-likeness (QED) is 0.332. The molecule has 0 amide bonds. The topological polar surface area (TPSA) is 63.8 Å². The summed E-state index contributed by atoms with van der Waals surface area (Å²) in [7, 11) is 0. The molecule has 3 aromatic carbocycles. The van der Waals surface area contributed by atoms with Crippen LogP contribution in [-0.2, 0) is 6.42 Å². The van der Waals surface area contributed by atoms with E-state index in [1.165, 1.54) is 22.5 Å². The molecule has 0 spiro atoms. The predicted octanol–water partition coefficient (Wildman–Crippen LogP) is 5.03. The van der Waals surface area contributed by atoms with Gasteiger partial charge in [0.1, 0.15) is 11.5 Å². The van der Waals surface area contributed by atoms with Gasteiger partial charge in [0.15, 0.2) is 4.80 Å². The Morgan fingerprint density at radius 1 is 1.14 bits per heavy atom. The lowest BCUT2D eigenvalue weighted by Crippen LogP contribution is -2.38. The maximum Gasteiger partial charge on any atom is 0.271 e. The smallest absolute Gasteiger partial charge is 0.271 e. The molecule has 2 aliphatic rings. The fraction of sp³-hybridized carbons (Fsp3) is 0.172. The molecule has 0 fully saturated rings. The van der Waals surface area contributed by atoms with Crippen molar-refractivity contribution in [3.05, 3.63) is 118 Å². The summed E-state index contributed by atoms with van der Waals surface area (Å²) < 4.78 is 8.88. The number of ether oxygens (including phenoxy) is 1. The Kier molecular flexibility index (Phi) is 6.05. The van der Waals surface area contributed by atoms with Gasteiger partial charge in [-0.2, -0.15) is 0 Å². The average molecular weight is 606 g/mol. The van der Waals surface area contributed by atoms with Crippen LogP contribution in [0.2, 0.25) is 0 Å². The van der Waals surface area contributed by atoms with Gasteiger partial charge < -0.3 is 9.84 Å². The molecule has 2 heterocycles. The van der Waals surface area contributed by atoms with Crippen LogP contribution in [0.3, 0.4) is 0 Å². The zero-order valence-corrected chi connectivity index (χ0v) is 22.5. The van der Waals surface area contributed by atoms with E-state index < -0.39 is 0 Å². The van der Waals surface area contributed by atoms with Crippen molar-refractivity contribution in [2.24, 2.45) is 4.99 Å². The van der Waals surface area contributed by atoms with Gasteiger partial charge in [-0.25, -0.2) is 4.99 Å². The highest BCUT2D eigenvalue weighted by Crippen LogP contribution is 2.41. The molecule has 36 heavy (non-hydrogen) atoms. The normalized spacial score (nSPS) is 16.7. The lowest BCUT2D eigenvalue weighted by Gasteiger charge is -2.30. The minimum absolute atomic E-state index is 0.0499. The average Bonchev–Trinajstić information content (AvgIpc) is 3.20. The second-order valence-corrected chi connectivity index (χ2v) is 11.0. The van der Waals surface area contributed by atoms with E-state index in [9.17, 15) is 9.90 Å². The highest BCUT2D eigenvalue weighted by Gasteiger charge is 2.32. The SMILES string of the molecule is CCOc1ccc(C2C3=C(N=c4sc(=Cc5ccc(O)c(I)c5)c(=O)n42)c2ccccc2CC3)cc1. The molecule has 4 aromatic rings. The van der Waals surface area contributed by atoms with Gasteiger partial charge in [-0.1, -0.05) is 53.8 Å². The molecule has 1 aliphatic carbocycles. The first-order valence-corrected chi connectivity index (χ1v) is 13.8. The molecule has 1 unspecified atom stereocenters. The first-order chi connectivity index (χ1) is 17.5. The van der Waals surface area contributed by atoms with Crippen molar-refractivity contribution in [2.45, 2.75) is 25.8 Å². The zero-order valence-electron chi connectivity index (χ0n) is 19.6. The number of nitrogens with zero attached hydrogens (tertiary/aromatic N) is 2. The Morgan fingerprint density at radius 3 is 2.72 bits per heavy atom. The third kappa shape index (κ3) is 4.00. The summed E-state index contributed by atoms with van der Waals surface area (Å²) in [6.07, 6.45) is 3.67.